The zero-order valence-electron chi connectivity index (χ0n) is 16.3. The average Bonchev–Trinajstić information content (AvgIpc) is 3.00. The number of fused-ring (bicyclic) bond motifs is 1. The normalized spacial score (nSPS) is 17.9. The molecule has 2 aromatic rings. The molecule has 4 rings (SSSR count). The van der Waals surface area contributed by atoms with Crippen LogP contribution in [0.4, 0.5) is 10.1 Å². The molecule has 1 amide bonds. The molecule has 0 aliphatic carbocycles. The maximum atomic E-state index is 13.1. The van der Waals surface area contributed by atoms with Crippen molar-refractivity contribution in [2.75, 3.05) is 31.6 Å². The summed E-state index contributed by atoms with van der Waals surface area (Å²) in [7, 11) is -3.70. The van der Waals surface area contributed by atoms with Crippen LogP contribution in [0, 0.1) is 11.7 Å². The lowest BCUT2D eigenvalue weighted by Gasteiger charge is -2.30. The summed E-state index contributed by atoms with van der Waals surface area (Å²) in [5.74, 6) is 0.116. The Kier molecular flexibility index (Phi) is 5.92. The standard InChI is InChI=1S/C21H23FN2O5S/c22-16-2-4-17(5-3-16)23-21(25)15-8-10-24(11-9-15)30(26,27)18-6-7-19-20(14-18)29-13-1-12-28-19/h2-7,14-15H,1,8-13H2,(H,23,25). The van der Waals surface area contributed by atoms with Gasteiger partial charge in [0, 0.05) is 37.2 Å². The third-order valence-corrected chi connectivity index (χ3v) is 7.19. The SMILES string of the molecule is O=C(Nc1ccc(F)cc1)C1CCN(S(=O)(=O)c2ccc3c(c2)OCCCO3)CC1. The first-order chi connectivity index (χ1) is 14.4. The van der Waals surface area contributed by atoms with Crippen molar-refractivity contribution in [1.82, 2.24) is 4.31 Å². The van der Waals surface area contributed by atoms with Crippen LogP contribution in [0.25, 0.3) is 0 Å². The predicted molar refractivity (Wildman–Crippen MR) is 109 cm³/mol. The lowest BCUT2D eigenvalue weighted by Crippen LogP contribution is -2.41. The van der Waals surface area contributed by atoms with Crippen molar-refractivity contribution in [2.45, 2.75) is 24.2 Å². The molecule has 2 aliphatic rings. The van der Waals surface area contributed by atoms with E-state index in [-0.39, 0.29) is 35.6 Å². The molecule has 0 bridgehead atoms. The van der Waals surface area contributed by atoms with E-state index in [0.29, 0.717) is 43.2 Å². The number of hydrogen-bond acceptors (Lipinski definition) is 5. The van der Waals surface area contributed by atoms with E-state index in [9.17, 15) is 17.6 Å². The van der Waals surface area contributed by atoms with Crippen LogP contribution < -0.4 is 14.8 Å². The van der Waals surface area contributed by atoms with Crippen molar-refractivity contribution in [1.29, 1.82) is 0 Å². The van der Waals surface area contributed by atoms with Crippen LogP contribution >= 0.6 is 0 Å². The van der Waals surface area contributed by atoms with Gasteiger partial charge in [-0.2, -0.15) is 4.31 Å². The molecule has 0 spiro atoms. The highest BCUT2D eigenvalue weighted by molar-refractivity contribution is 7.89. The highest BCUT2D eigenvalue weighted by Crippen LogP contribution is 2.34. The van der Waals surface area contributed by atoms with E-state index in [1.165, 1.54) is 40.7 Å². The van der Waals surface area contributed by atoms with E-state index in [2.05, 4.69) is 5.32 Å². The number of carbonyl (C=O) groups is 1. The summed E-state index contributed by atoms with van der Waals surface area (Å²) in [5, 5.41) is 2.76. The molecule has 1 fully saturated rings. The first kappa shape index (κ1) is 20.6. The Balaban J connectivity index is 1.40. The van der Waals surface area contributed by atoms with Crippen LogP contribution in [-0.4, -0.2) is 44.9 Å². The van der Waals surface area contributed by atoms with Crippen LogP contribution in [0.2, 0.25) is 0 Å². The van der Waals surface area contributed by atoms with Gasteiger partial charge in [-0.05, 0) is 49.2 Å². The highest BCUT2D eigenvalue weighted by atomic mass is 32.2. The molecule has 9 heteroatoms. The number of rotatable bonds is 4. The van der Waals surface area contributed by atoms with Crippen LogP contribution in [0.1, 0.15) is 19.3 Å². The molecule has 0 radical (unpaired) electrons. The van der Waals surface area contributed by atoms with Crippen molar-refractivity contribution < 1.29 is 27.1 Å². The van der Waals surface area contributed by atoms with Gasteiger partial charge in [0.2, 0.25) is 15.9 Å². The third-order valence-electron chi connectivity index (χ3n) is 5.29. The molecule has 30 heavy (non-hydrogen) atoms. The molecule has 0 atom stereocenters. The number of piperidine rings is 1. The fraction of sp³-hybridized carbons (Fsp3) is 0.381. The minimum absolute atomic E-state index is 0.154. The minimum Gasteiger partial charge on any atom is -0.490 e. The summed E-state index contributed by atoms with van der Waals surface area (Å²) >= 11 is 0. The molecular formula is C21H23FN2O5S. The Labute approximate surface area is 174 Å². The molecule has 0 saturated carbocycles. The number of hydrogen-bond donors (Lipinski definition) is 1. The lowest BCUT2D eigenvalue weighted by atomic mass is 9.97. The molecule has 1 N–H and O–H groups in total. The summed E-state index contributed by atoms with van der Waals surface area (Å²) in [5.41, 5.74) is 0.517. The van der Waals surface area contributed by atoms with Crippen molar-refractivity contribution in [3.05, 3.63) is 48.3 Å². The second-order valence-electron chi connectivity index (χ2n) is 7.33. The smallest absolute Gasteiger partial charge is 0.243 e. The minimum atomic E-state index is -3.70. The molecule has 2 heterocycles. The number of nitrogens with zero attached hydrogens (tertiary/aromatic N) is 1. The van der Waals surface area contributed by atoms with Crippen molar-refractivity contribution in [2.24, 2.45) is 5.92 Å². The Morgan fingerprint density at radius 3 is 2.37 bits per heavy atom. The van der Waals surface area contributed by atoms with Crippen molar-refractivity contribution in [3.63, 3.8) is 0 Å². The summed E-state index contributed by atoms with van der Waals surface area (Å²) < 4.78 is 51.7. The fourth-order valence-corrected chi connectivity index (χ4v) is 5.07. The first-order valence-corrected chi connectivity index (χ1v) is 11.3. The number of amides is 1. The van der Waals surface area contributed by atoms with Gasteiger partial charge in [0.05, 0.1) is 18.1 Å². The summed E-state index contributed by atoms with van der Waals surface area (Å²) in [6, 6.07) is 10.2. The molecule has 0 aromatic heterocycles. The van der Waals surface area contributed by atoms with Gasteiger partial charge in [-0.3, -0.25) is 4.79 Å². The molecule has 2 aromatic carbocycles. The summed E-state index contributed by atoms with van der Waals surface area (Å²) in [6.45, 7) is 1.51. The van der Waals surface area contributed by atoms with E-state index >= 15 is 0 Å². The van der Waals surface area contributed by atoms with Gasteiger partial charge in [-0.1, -0.05) is 0 Å². The van der Waals surface area contributed by atoms with E-state index in [4.69, 9.17) is 9.47 Å². The van der Waals surface area contributed by atoms with E-state index in [0.717, 1.165) is 6.42 Å². The molecule has 1 saturated heterocycles. The Hall–Kier alpha value is -2.65. The average molecular weight is 434 g/mol. The van der Waals surface area contributed by atoms with Gasteiger partial charge in [0.15, 0.2) is 11.5 Å². The number of halogens is 1. The monoisotopic (exact) mass is 434 g/mol. The Morgan fingerprint density at radius 1 is 1.00 bits per heavy atom. The first-order valence-electron chi connectivity index (χ1n) is 9.90. The van der Waals surface area contributed by atoms with Gasteiger partial charge in [-0.25, -0.2) is 12.8 Å². The fourth-order valence-electron chi connectivity index (χ4n) is 3.59. The summed E-state index contributed by atoms with van der Waals surface area (Å²) in [6.07, 6.45) is 1.57. The van der Waals surface area contributed by atoms with Crippen molar-refractivity contribution in [3.8, 4) is 11.5 Å². The molecular weight excluding hydrogens is 411 g/mol. The maximum absolute atomic E-state index is 13.1. The maximum Gasteiger partial charge on any atom is 0.243 e. The van der Waals surface area contributed by atoms with Gasteiger partial charge >= 0.3 is 0 Å². The number of benzene rings is 2. The number of ether oxygens (including phenoxy) is 2. The number of anilines is 1. The van der Waals surface area contributed by atoms with Gasteiger partial charge in [-0.15, -0.1) is 0 Å². The van der Waals surface area contributed by atoms with E-state index in [1.54, 1.807) is 6.07 Å². The van der Waals surface area contributed by atoms with Gasteiger partial charge in [0.1, 0.15) is 5.82 Å². The van der Waals surface area contributed by atoms with Crippen LogP contribution in [-0.2, 0) is 14.8 Å². The van der Waals surface area contributed by atoms with E-state index in [1.807, 2.05) is 0 Å². The molecule has 2 aliphatic heterocycles. The molecule has 0 unspecified atom stereocenters. The topological polar surface area (TPSA) is 84.9 Å². The van der Waals surface area contributed by atoms with Crippen LogP contribution in [0.5, 0.6) is 11.5 Å². The summed E-state index contributed by atoms with van der Waals surface area (Å²) in [4.78, 5) is 12.6. The number of carbonyl (C=O) groups excluding carboxylic acids is 1. The van der Waals surface area contributed by atoms with Crippen LogP contribution in [0.3, 0.4) is 0 Å². The molecule has 7 nitrogen and oxygen atoms in total. The quantitative estimate of drug-likeness (QED) is 0.800. The highest BCUT2D eigenvalue weighted by Gasteiger charge is 2.32. The molecule has 160 valence electrons. The lowest BCUT2D eigenvalue weighted by molar-refractivity contribution is -0.120. The van der Waals surface area contributed by atoms with E-state index < -0.39 is 10.0 Å². The number of sulfonamides is 1. The van der Waals surface area contributed by atoms with Crippen molar-refractivity contribution >= 4 is 21.6 Å². The predicted octanol–water partition coefficient (Wildman–Crippen LogP) is 3.03. The van der Waals surface area contributed by atoms with Crippen LogP contribution in [0.15, 0.2) is 47.4 Å². The second-order valence-corrected chi connectivity index (χ2v) is 9.27. The van der Waals surface area contributed by atoms with Gasteiger partial charge in [0.25, 0.3) is 0 Å². The Bertz CT molecular complexity index is 1020. The third kappa shape index (κ3) is 4.41. The number of nitrogens with one attached hydrogen (secondary N) is 1. The zero-order valence-corrected chi connectivity index (χ0v) is 17.2. The van der Waals surface area contributed by atoms with Gasteiger partial charge < -0.3 is 14.8 Å². The second kappa shape index (κ2) is 8.61. The Morgan fingerprint density at radius 2 is 1.67 bits per heavy atom. The largest absolute Gasteiger partial charge is 0.490 e. The zero-order chi connectivity index (χ0) is 21.1.